The van der Waals surface area contributed by atoms with E-state index >= 15 is 0 Å². The standard InChI is InChI=1S/C16H13ClN2O3S/c17-10-14(20)18-19-15(21)12-8-4-5-9-13(12)23-16(22)11-6-2-1-3-7-11/h1-9H,10H2,(H,18,20)(H,19,21). The average molecular weight is 349 g/mol. The summed E-state index contributed by atoms with van der Waals surface area (Å²) in [6.07, 6.45) is 0. The van der Waals surface area contributed by atoms with Gasteiger partial charge in [0.1, 0.15) is 5.88 Å². The molecule has 0 fully saturated rings. The molecule has 0 aliphatic carbocycles. The second-order valence-electron chi connectivity index (χ2n) is 4.39. The van der Waals surface area contributed by atoms with Crippen molar-refractivity contribution in [3.05, 3.63) is 65.7 Å². The first-order valence-corrected chi connectivity index (χ1v) is 7.98. The Hall–Kier alpha value is -2.31. The summed E-state index contributed by atoms with van der Waals surface area (Å²) in [7, 11) is 0. The number of nitrogens with one attached hydrogen (secondary N) is 2. The van der Waals surface area contributed by atoms with Gasteiger partial charge >= 0.3 is 0 Å². The van der Waals surface area contributed by atoms with Gasteiger partial charge in [0, 0.05) is 10.5 Å². The van der Waals surface area contributed by atoms with E-state index in [1.54, 1.807) is 48.5 Å². The zero-order valence-electron chi connectivity index (χ0n) is 11.9. The highest BCUT2D eigenvalue weighted by molar-refractivity contribution is 8.14. The molecule has 0 saturated carbocycles. The normalized spacial score (nSPS) is 9.96. The molecule has 7 heteroatoms. The summed E-state index contributed by atoms with van der Waals surface area (Å²) >= 11 is 6.29. The van der Waals surface area contributed by atoms with Gasteiger partial charge in [0.15, 0.2) is 0 Å². The van der Waals surface area contributed by atoms with E-state index < -0.39 is 11.8 Å². The number of benzene rings is 2. The monoisotopic (exact) mass is 348 g/mol. The highest BCUT2D eigenvalue weighted by atomic mass is 35.5. The van der Waals surface area contributed by atoms with Crippen molar-refractivity contribution in [1.29, 1.82) is 0 Å². The Balaban J connectivity index is 2.13. The van der Waals surface area contributed by atoms with Gasteiger partial charge in [-0.2, -0.15) is 0 Å². The van der Waals surface area contributed by atoms with Gasteiger partial charge in [-0.15, -0.1) is 11.6 Å². The number of carbonyl (C=O) groups excluding carboxylic acids is 3. The molecule has 0 atom stereocenters. The number of hydrogen-bond acceptors (Lipinski definition) is 4. The summed E-state index contributed by atoms with van der Waals surface area (Å²) in [5.41, 5.74) is 5.27. The van der Waals surface area contributed by atoms with Crippen LogP contribution in [0.25, 0.3) is 0 Å². The van der Waals surface area contributed by atoms with Crippen LogP contribution in [0.15, 0.2) is 59.5 Å². The minimum absolute atomic E-state index is 0.171. The van der Waals surface area contributed by atoms with Crippen LogP contribution < -0.4 is 10.9 Å². The van der Waals surface area contributed by atoms with Gasteiger partial charge in [-0.05, 0) is 23.9 Å². The zero-order valence-corrected chi connectivity index (χ0v) is 13.5. The largest absolute Gasteiger partial charge is 0.281 e. The predicted molar refractivity (Wildman–Crippen MR) is 89.4 cm³/mol. The lowest BCUT2D eigenvalue weighted by atomic mass is 10.2. The number of hydrazine groups is 1. The summed E-state index contributed by atoms with van der Waals surface area (Å²) in [6.45, 7) is 0. The second kappa shape index (κ2) is 8.36. The van der Waals surface area contributed by atoms with Gasteiger partial charge in [-0.1, -0.05) is 42.5 Å². The van der Waals surface area contributed by atoms with E-state index in [9.17, 15) is 14.4 Å². The van der Waals surface area contributed by atoms with Crippen molar-refractivity contribution in [2.24, 2.45) is 0 Å². The van der Waals surface area contributed by atoms with E-state index in [-0.39, 0.29) is 16.6 Å². The molecule has 5 nitrogen and oxygen atoms in total. The molecule has 2 amide bonds. The average Bonchev–Trinajstić information content (AvgIpc) is 2.60. The van der Waals surface area contributed by atoms with Crippen LogP contribution in [0.4, 0.5) is 0 Å². The zero-order chi connectivity index (χ0) is 16.7. The fourth-order valence-corrected chi connectivity index (χ4v) is 2.64. The maximum Gasteiger partial charge on any atom is 0.270 e. The van der Waals surface area contributed by atoms with Crippen molar-refractivity contribution in [1.82, 2.24) is 10.9 Å². The van der Waals surface area contributed by atoms with Crippen LogP contribution >= 0.6 is 23.4 Å². The Morgan fingerprint density at radius 3 is 2.26 bits per heavy atom. The van der Waals surface area contributed by atoms with Crippen molar-refractivity contribution in [3.8, 4) is 0 Å². The molecule has 0 aliphatic rings. The maximum atomic E-state index is 12.2. The number of rotatable bonds is 4. The molecule has 0 heterocycles. The highest BCUT2D eigenvalue weighted by Crippen LogP contribution is 2.26. The molecule has 118 valence electrons. The minimum Gasteiger partial charge on any atom is -0.281 e. The van der Waals surface area contributed by atoms with Gasteiger partial charge < -0.3 is 0 Å². The molecule has 0 spiro atoms. The SMILES string of the molecule is O=C(CCl)NNC(=O)c1ccccc1SC(=O)c1ccccc1. The van der Waals surface area contributed by atoms with Gasteiger partial charge in [0.2, 0.25) is 5.12 Å². The van der Waals surface area contributed by atoms with Gasteiger partial charge in [0.05, 0.1) is 5.56 Å². The predicted octanol–water partition coefficient (Wildman–Crippen LogP) is 2.62. The van der Waals surface area contributed by atoms with E-state index in [2.05, 4.69) is 10.9 Å². The lowest BCUT2D eigenvalue weighted by Gasteiger charge is -2.09. The fourth-order valence-electron chi connectivity index (χ4n) is 1.70. The summed E-state index contributed by atoms with van der Waals surface area (Å²) in [4.78, 5) is 35.9. The third kappa shape index (κ3) is 4.84. The first-order valence-electron chi connectivity index (χ1n) is 6.63. The molecule has 2 aromatic carbocycles. The first kappa shape index (κ1) is 17.1. The third-order valence-electron chi connectivity index (χ3n) is 2.78. The maximum absolute atomic E-state index is 12.2. The van der Waals surface area contributed by atoms with Crippen molar-refractivity contribution in [2.45, 2.75) is 4.90 Å². The minimum atomic E-state index is -0.523. The Morgan fingerprint density at radius 1 is 0.913 bits per heavy atom. The van der Waals surface area contributed by atoms with E-state index in [1.165, 1.54) is 0 Å². The van der Waals surface area contributed by atoms with Gasteiger partial charge in [-0.3, -0.25) is 25.2 Å². The number of carbonyl (C=O) groups is 3. The Kier molecular flexibility index (Phi) is 6.19. The van der Waals surface area contributed by atoms with Crippen molar-refractivity contribution >= 4 is 40.3 Å². The smallest absolute Gasteiger partial charge is 0.270 e. The Morgan fingerprint density at radius 2 is 1.57 bits per heavy atom. The molecule has 0 saturated heterocycles. The lowest BCUT2D eigenvalue weighted by Crippen LogP contribution is -2.42. The van der Waals surface area contributed by atoms with Crippen LogP contribution in [0, 0.1) is 0 Å². The molecule has 2 aromatic rings. The van der Waals surface area contributed by atoms with Crippen LogP contribution in [0.5, 0.6) is 0 Å². The van der Waals surface area contributed by atoms with Crippen molar-refractivity contribution in [3.63, 3.8) is 0 Å². The van der Waals surface area contributed by atoms with Gasteiger partial charge in [-0.25, -0.2) is 0 Å². The van der Waals surface area contributed by atoms with E-state index in [1.807, 2.05) is 6.07 Å². The Bertz CT molecular complexity index is 722. The quantitative estimate of drug-likeness (QED) is 0.506. The Labute approximate surface area is 142 Å². The van der Waals surface area contributed by atoms with Gasteiger partial charge in [0.25, 0.3) is 11.8 Å². The van der Waals surface area contributed by atoms with E-state index in [0.717, 1.165) is 11.8 Å². The van der Waals surface area contributed by atoms with E-state index in [0.29, 0.717) is 10.5 Å². The molecule has 0 aliphatic heterocycles. The molecule has 2 N–H and O–H groups in total. The van der Waals surface area contributed by atoms with Crippen LogP contribution in [-0.4, -0.2) is 22.8 Å². The summed E-state index contributed by atoms with van der Waals surface area (Å²) in [5, 5.41) is -0.171. The lowest BCUT2D eigenvalue weighted by molar-refractivity contribution is -0.119. The van der Waals surface area contributed by atoms with Crippen LogP contribution in [0.2, 0.25) is 0 Å². The summed E-state index contributed by atoms with van der Waals surface area (Å²) < 4.78 is 0. The summed E-state index contributed by atoms with van der Waals surface area (Å²) in [6, 6.07) is 15.4. The number of halogens is 1. The number of amides is 2. The van der Waals surface area contributed by atoms with Crippen molar-refractivity contribution < 1.29 is 14.4 Å². The van der Waals surface area contributed by atoms with E-state index in [4.69, 9.17) is 11.6 Å². The van der Waals surface area contributed by atoms with Crippen LogP contribution in [-0.2, 0) is 4.79 Å². The van der Waals surface area contributed by atoms with Crippen LogP contribution in [0.3, 0.4) is 0 Å². The van der Waals surface area contributed by atoms with Crippen LogP contribution in [0.1, 0.15) is 20.7 Å². The second-order valence-corrected chi connectivity index (χ2v) is 5.67. The number of thioether (sulfide) groups is 1. The van der Waals surface area contributed by atoms with Crippen molar-refractivity contribution in [2.75, 3.05) is 5.88 Å². The highest BCUT2D eigenvalue weighted by Gasteiger charge is 2.15. The molecular weight excluding hydrogens is 336 g/mol. The molecule has 23 heavy (non-hydrogen) atoms. The molecule has 0 unspecified atom stereocenters. The third-order valence-corrected chi connectivity index (χ3v) is 4.02. The molecule has 0 bridgehead atoms. The molecule has 0 radical (unpaired) electrons. The molecular formula is C16H13ClN2O3S. The molecule has 0 aromatic heterocycles. The summed E-state index contributed by atoms with van der Waals surface area (Å²) in [5.74, 6) is -1.30. The fraction of sp³-hybridized carbons (Fsp3) is 0.0625. The molecule has 2 rings (SSSR count). The first-order chi connectivity index (χ1) is 11.1. The number of alkyl halides is 1. The number of hydrogen-bond donors (Lipinski definition) is 2. The topological polar surface area (TPSA) is 75.3 Å².